The number of rotatable bonds is 4. The van der Waals surface area contributed by atoms with Crippen molar-refractivity contribution in [3.05, 3.63) is 59.1 Å². The Morgan fingerprint density at radius 1 is 0.962 bits per heavy atom. The first-order chi connectivity index (χ1) is 25.1. The van der Waals surface area contributed by atoms with Gasteiger partial charge in [0.25, 0.3) is 0 Å². The van der Waals surface area contributed by atoms with Crippen molar-refractivity contribution in [1.82, 2.24) is 39.5 Å². The summed E-state index contributed by atoms with van der Waals surface area (Å²) in [6.07, 6.45) is 3.29. The molecule has 0 unspecified atom stereocenters. The Labute approximate surface area is 303 Å². The molecule has 1 N–H and O–H groups in total. The Morgan fingerprint density at radius 2 is 1.68 bits per heavy atom. The van der Waals surface area contributed by atoms with Crippen molar-refractivity contribution in [3.63, 3.8) is 0 Å². The summed E-state index contributed by atoms with van der Waals surface area (Å²) in [5.74, 6) is -1.12. The van der Waals surface area contributed by atoms with E-state index in [2.05, 4.69) is 25.4 Å². The van der Waals surface area contributed by atoms with Gasteiger partial charge in [0.2, 0.25) is 17.7 Å². The van der Waals surface area contributed by atoms with Gasteiger partial charge < -0.3 is 15.1 Å². The molecule has 0 spiro atoms. The van der Waals surface area contributed by atoms with Crippen LogP contribution < -0.4 is 5.32 Å². The van der Waals surface area contributed by atoms with Gasteiger partial charge in [-0.1, -0.05) is 18.9 Å². The van der Waals surface area contributed by atoms with E-state index in [4.69, 9.17) is 4.98 Å². The van der Waals surface area contributed by atoms with Crippen LogP contribution in [0.2, 0.25) is 0 Å². The lowest BCUT2D eigenvalue weighted by Gasteiger charge is -2.27. The fraction of sp³-hybridized carbons (Fsp3) is 0.486. The van der Waals surface area contributed by atoms with E-state index < -0.39 is 41.2 Å². The van der Waals surface area contributed by atoms with Gasteiger partial charge in [-0.2, -0.15) is 18.3 Å². The average Bonchev–Trinajstić information content (AvgIpc) is 3.49. The fourth-order valence-electron chi connectivity index (χ4n) is 7.84. The number of alkyl halides is 3. The van der Waals surface area contributed by atoms with Crippen LogP contribution in [0.15, 0.2) is 30.6 Å². The highest BCUT2D eigenvalue weighted by molar-refractivity contribution is 6.06. The van der Waals surface area contributed by atoms with Crippen molar-refractivity contribution < 1.29 is 32.3 Å². The van der Waals surface area contributed by atoms with Gasteiger partial charge in [0.05, 0.1) is 16.9 Å². The molecule has 1 saturated heterocycles. The first kappa shape index (κ1) is 36.1. The lowest BCUT2D eigenvalue weighted by atomic mass is 9.98. The maximum Gasteiger partial charge on any atom is 0.433 e. The molecule has 7 rings (SSSR count). The Kier molecular flexibility index (Phi) is 9.27. The van der Waals surface area contributed by atoms with Crippen LogP contribution in [0.25, 0.3) is 22.2 Å². The third-order valence-electron chi connectivity index (χ3n) is 10.7. The number of halogens is 3. The zero-order chi connectivity index (χ0) is 37.8. The maximum atomic E-state index is 14.5. The number of hydrogen-bond acceptors (Lipinski definition) is 9. The summed E-state index contributed by atoms with van der Waals surface area (Å²) in [5.41, 5.74) is 1.14. The molecule has 2 bridgehead atoms. The molecule has 6 heterocycles. The molecule has 53 heavy (non-hydrogen) atoms. The van der Waals surface area contributed by atoms with Gasteiger partial charge >= 0.3 is 6.18 Å². The molecular weight excluding hydrogens is 691 g/mol. The monoisotopic (exact) mass is 731 g/mol. The average molecular weight is 732 g/mol. The first-order valence-electron chi connectivity index (χ1n) is 17.8. The van der Waals surface area contributed by atoms with Crippen molar-refractivity contribution in [1.29, 1.82) is 0 Å². The van der Waals surface area contributed by atoms with Gasteiger partial charge in [0, 0.05) is 61.7 Å². The van der Waals surface area contributed by atoms with Crippen molar-refractivity contribution in [2.75, 3.05) is 18.9 Å². The van der Waals surface area contributed by atoms with E-state index in [0.717, 1.165) is 25.3 Å². The molecule has 2 fully saturated rings. The number of ketones is 1. The third kappa shape index (κ3) is 6.98. The minimum absolute atomic E-state index is 0.0304. The van der Waals surface area contributed by atoms with Gasteiger partial charge in [-0.15, -0.1) is 0 Å². The van der Waals surface area contributed by atoms with Crippen LogP contribution in [0.3, 0.4) is 0 Å². The van der Waals surface area contributed by atoms with Crippen LogP contribution in [0.5, 0.6) is 0 Å². The third-order valence-corrected chi connectivity index (χ3v) is 10.7. The molecule has 3 aliphatic rings. The van der Waals surface area contributed by atoms with Crippen molar-refractivity contribution in [2.45, 2.75) is 96.9 Å². The summed E-state index contributed by atoms with van der Waals surface area (Å²) >= 11 is 0. The molecule has 3 amide bonds. The van der Waals surface area contributed by atoms with Gasteiger partial charge in [0.1, 0.15) is 35.6 Å². The highest BCUT2D eigenvalue weighted by atomic mass is 19.4. The molecular formula is C37H40F3N9O4. The number of aryl methyl sites for hydroxylation is 3. The first-order valence-corrected chi connectivity index (χ1v) is 17.8. The van der Waals surface area contributed by atoms with Crippen LogP contribution in [0.1, 0.15) is 85.1 Å². The minimum Gasteiger partial charge on any atom is -0.345 e. The second kappa shape index (κ2) is 13.6. The van der Waals surface area contributed by atoms with Gasteiger partial charge in [-0.05, 0) is 63.6 Å². The summed E-state index contributed by atoms with van der Waals surface area (Å²) < 4.78 is 42.1. The molecule has 16 heteroatoms. The number of nitrogens with zero attached hydrogens (tertiary/aromatic N) is 8. The summed E-state index contributed by atoms with van der Waals surface area (Å²) in [5, 5.41) is 7.73. The molecule has 4 aromatic rings. The number of piperidine rings is 1. The Hall–Kier alpha value is -5.28. The minimum atomic E-state index is -4.72. The van der Waals surface area contributed by atoms with E-state index in [0.29, 0.717) is 71.5 Å². The van der Waals surface area contributed by atoms with Gasteiger partial charge in [-0.3, -0.25) is 28.8 Å². The van der Waals surface area contributed by atoms with Crippen LogP contribution in [-0.4, -0.2) is 88.7 Å². The SMILES string of the molecule is CC(=O)c1nn2c3c(nc(-c4cnc(C)nc4)cc13)CCCCCCC(=O)N(C)C[C@@]13C[C@@H](C(=O)Nc4nc(C(F)(F)F)ccc4C)N(C(=O)C2)[C@@H]1C3. The van der Waals surface area contributed by atoms with Gasteiger partial charge in [0.15, 0.2) is 5.78 Å². The topological polar surface area (TPSA) is 156 Å². The number of Topliss-reactive ketones (excluding diaryl/α,β-unsaturated/α-hetero) is 1. The molecule has 278 valence electrons. The zero-order valence-corrected chi connectivity index (χ0v) is 30.0. The number of carbonyl (C=O) groups excluding carboxylic acids is 4. The van der Waals surface area contributed by atoms with E-state index in [1.165, 1.54) is 29.5 Å². The highest BCUT2D eigenvalue weighted by Crippen LogP contribution is 2.60. The van der Waals surface area contributed by atoms with Crippen LogP contribution in [0.4, 0.5) is 19.0 Å². The van der Waals surface area contributed by atoms with Crippen molar-refractivity contribution in [2.24, 2.45) is 5.41 Å². The molecule has 0 radical (unpaired) electrons. The van der Waals surface area contributed by atoms with Crippen LogP contribution in [0, 0.1) is 19.3 Å². The molecule has 2 aliphatic heterocycles. The molecule has 0 aromatic carbocycles. The molecule has 1 aliphatic carbocycles. The fourth-order valence-corrected chi connectivity index (χ4v) is 7.84. The van der Waals surface area contributed by atoms with Crippen LogP contribution in [-0.2, 0) is 33.5 Å². The summed E-state index contributed by atoms with van der Waals surface area (Å²) in [7, 11) is 1.72. The molecule has 3 atom stereocenters. The Morgan fingerprint density at radius 3 is 2.38 bits per heavy atom. The second-order valence-corrected chi connectivity index (χ2v) is 14.5. The maximum absolute atomic E-state index is 14.5. The lowest BCUT2D eigenvalue weighted by molar-refractivity contribution is -0.141. The van der Waals surface area contributed by atoms with Crippen LogP contribution >= 0.6 is 0 Å². The normalized spacial score (nSPS) is 22.5. The number of amides is 3. The summed E-state index contributed by atoms with van der Waals surface area (Å²) in [6.45, 7) is 4.72. The molecule has 4 aromatic heterocycles. The van der Waals surface area contributed by atoms with E-state index >= 15 is 0 Å². The zero-order valence-electron chi connectivity index (χ0n) is 30.0. The predicted molar refractivity (Wildman–Crippen MR) is 186 cm³/mol. The quantitative estimate of drug-likeness (QED) is 0.283. The number of pyridine rings is 2. The standard InChI is InChI=1S/C37H40F3N9O4/c1-20-11-12-28(37(38,39)40)44-34(20)45-35(53)27-14-36-15-29(36)49(27)31(52)18-48-33-24(32(46-48)21(2)50)13-26(23-16-41-22(3)42-17-23)43-25(33)9-7-5-6-8-10-30(51)47(4)19-36/h11-13,16-17,27,29H,5-10,14-15,18-19H2,1-4H3,(H,44,45,53)/t27-,29+,36-/m0/s1. The number of aromatic nitrogens is 6. The lowest BCUT2D eigenvalue weighted by Crippen LogP contribution is -2.47. The summed E-state index contributed by atoms with van der Waals surface area (Å²) in [6, 6.07) is 2.38. The van der Waals surface area contributed by atoms with E-state index in [-0.39, 0.29) is 36.2 Å². The number of nitrogens with one attached hydrogen (secondary N) is 1. The largest absolute Gasteiger partial charge is 0.433 e. The molecule has 13 nitrogen and oxygen atoms in total. The molecule has 1 saturated carbocycles. The number of hydrogen-bond donors (Lipinski definition) is 1. The number of anilines is 1. The van der Waals surface area contributed by atoms with Crippen molar-refractivity contribution in [3.8, 4) is 11.3 Å². The summed E-state index contributed by atoms with van der Waals surface area (Å²) in [4.78, 5) is 75.1. The predicted octanol–water partition coefficient (Wildman–Crippen LogP) is 5.08. The number of carbonyl (C=O) groups is 4. The van der Waals surface area contributed by atoms with Gasteiger partial charge in [-0.25, -0.2) is 15.0 Å². The second-order valence-electron chi connectivity index (χ2n) is 14.5. The van der Waals surface area contributed by atoms with E-state index in [1.54, 1.807) is 37.3 Å². The Bertz CT molecular complexity index is 2130. The highest BCUT2D eigenvalue weighted by Gasteiger charge is 2.67. The van der Waals surface area contributed by atoms with E-state index in [9.17, 15) is 32.3 Å². The Balaban J connectivity index is 1.29. The smallest absolute Gasteiger partial charge is 0.345 e. The van der Waals surface area contributed by atoms with Crippen molar-refractivity contribution >= 4 is 40.2 Å². The van der Waals surface area contributed by atoms with E-state index in [1.807, 2.05) is 0 Å².